The highest BCUT2D eigenvalue weighted by Gasteiger charge is 2.08. The summed E-state index contributed by atoms with van der Waals surface area (Å²) in [4.78, 5) is 11.7. The second-order valence-electron chi connectivity index (χ2n) is 3.42. The molecule has 2 aromatic heterocycles. The molecular formula is C12H8O3S. The van der Waals surface area contributed by atoms with Crippen molar-refractivity contribution < 1.29 is 9.15 Å². The number of benzene rings is 1. The Balaban J connectivity index is 2.53. The predicted octanol–water partition coefficient (Wildman–Crippen LogP) is 3.02. The van der Waals surface area contributed by atoms with E-state index in [0.29, 0.717) is 16.0 Å². The first-order chi connectivity index (χ1) is 7.79. The van der Waals surface area contributed by atoms with Gasteiger partial charge in [-0.15, -0.1) is 11.3 Å². The molecular weight excluding hydrogens is 224 g/mol. The van der Waals surface area contributed by atoms with Gasteiger partial charge < -0.3 is 9.15 Å². The zero-order chi connectivity index (χ0) is 11.1. The van der Waals surface area contributed by atoms with Crippen LogP contribution in [0.5, 0.6) is 5.75 Å². The zero-order valence-electron chi connectivity index (χ0n) is 8.52. The standard InChI is InChI=1S/C12H8O3S/c1-14-7-2-3-8-9-4-5-16-11(9)12(13)15-10(8)6-7/h2-6H,1H3. The van der Waals surface area contributed by atoms with Gasteiger partial charge in [-0.3, -0.25) is 0 Å². The van der Waals surface area contributed by atoms with Crippen molar-refractivity contribution in [2.75, 3.05) is 7.11 Å². The fourth-order valence-electron chi connectivity index (χ4n) is 1.76. The highest BCUT2D eigenvalue weighted by atomic mass is 32.1. The molecule has 0 atom stereocenters. The van der Waals surface area contributed by atoms with Gasteiger partial charge in [0.1, 0.15) is 16.0 Å². The van der Waals surface area contributed by atoms with Crippen LogP contribution in [0.2, 0.25) is 0 Å². The molecule has 3 aromatic rings. The summed E-state index contributed by atoms with van der Waals surface area (Å²) in [5, 5.41) is 3.78. The minimum atomic E-state index is -0.286. The van der Waals surface area contributed by atoms with E-state index in [9.17, 15) is 4.79 Å². The lowest BCUT2D eigenvalue weighted by molar-refractivity contribution is 0.414. The summed E-state index contributed by atoms with van der Waals surface area (Å²) in [7, 11) is 1.59. The number of hydrogen-bond donors (Lipinski definition) is 0. The molecule has 16 heavy (non-hydrogen) atoms. The van der Waals surface area contributed by atoms with Gasteiger partial charge in [0, 0.05) is 16.8 Å². The maximum absolute atomic E-state index is 11.7. The van der Waals surface area contributed by atoms with Crippen LogP contribution in [0.3, 0.4) is 0 Å². The highest BCUT2D eigenvalue weighted by molar-refractivity contribution is 7.17. The highest BCUT2D eigenvalue weighted by Crippen LogP contribution is 2.28. The van der Waals surface area contributed by atoms with E-state index in [-0.39, 0.29) is 5.63 Å². The second-order valence-corrected chi connectivity index (χ2v) is 4.33. The molecule has 3 rings (SSSR count). The van der Waals surface area contributed by atoms with Crippen molar-refractivity contribution in [2.45, 2.75) is 0 Å². The summed E-state index contributed by atoms with van der Waals surface area (Å²) in [6.45, 7) is 0. The van der Waals surface area contributed by atoms with Crippen LogP contribution in [-0.2, 0) is 0 Å². The molecule has 3 nitrogen and oxygen atoms in total. The summed E-state index contributed by atoms with van der Waals surface area (Å²) in [5.74, 6) is 0.685. The molecule has 0 radical (unpaired) electrons. The Labute approximate surface area is 94.9 Å². The van der Waals surface area contributed by atoms with Gasteiger partial charge in [0.2, 0.25) is 0 Å². The summed E-state index contributed by atoms with van der Waals surface area (Å²) < 4.78 is 11.0. The third-order valence-electron chi connectivity index (χ3n) is 2.53. The first-order valence-electron chi connectivity index (χ1n) is 4.77. The second kappa shape index (κ2) is 3.35. The van der Waals surface area contributed by atoms with E-state index in [4.69, 9.17) is 9.15 Å². The van der Waals surface area contributed by atoms with Crippen molar-refractivity contribution in [3.63, 3.8) is 0 Å². The molecule has 0 unspecified atom stereocenters. The lowest BCUT2D eigenvalue weighted by atomic mass is 10.1. The maximum atomic E-state index is 11.7. The third-order valence-corrected chi connectivity index (χ3v) is 3.43. The molecule has 0 N–H and O–H groups in total. The quantitative estimate of drug-likeness (QED) is 0.605. The van der Waals surface area contributed by atoms with Crippen LogP contribution in [0.25, 0.3) is 21.1 Å². The molecule has 80 valence electrons. The summed E-state index contributed by atoms with van der Waals surface area (Å²) in [6.07, 6.45) is 0. The Morgan fingerprint density at radius 2 is 2.12 bits per heavy atom. The van der Waals surface area contributed by atoms with E-state index < -0.39 is 0 Å². The van der Waals surface area contributed by atoms with E-state index in [2.05, 4.69) is 0 Å². The van der Waals surface area contributed by atoms with Gasteiger partial charge in [0.15, 0.2) is 0 Å². The van der Waals surface area contributed by atoms with E-state index in [1.165, 1.54) is 11.3 Å². The molecule has 0 aliphatic carbocycles. The molecule has 0 saturated heterocycles. The van der Waals surface area contributed by atoms with E-state index in [1.54, 1.807) is 13.2 Å². The molecule has 2 heterocycles. The number of fused-ring (bicyclic) bond motifs is 3. The lowest BCUT2D eigenvalue weighted by Gasteiger charge is -2.01. The SMILES string of the molecule is COc1ccc2c(c1)oc(=O)c1sccc12. The maximum Gasteiger partial charge on any atom is 0.354 e. The number of rotatable bonds is 1. The summed E-state index contributed by atoms with van der Waals surface area (Å²) >= 11 is 1.40. The van der Waals surface area contributed by atoms with Crippen LogP contribution in [0, 0.1) is 0 Å². The fourth-order valence-corrected chi connectivity index (χ4v) is 2.55. The van der Waals surface area contributed by atoms with Gasteiger partial charge in [0.05, 0.1) is 7.11 Å². The van der Waals surface area contributed by atoms with Crippen molar-refractivity contribution in [2.24, 2.45) is 0 Å². The van der Waals surface area contributed by atoms with E-state index >= 15 is 0 Å². The monoisotopic (exact) mass is 232 g/mol. The topological polar surface area (TPSA) is 39.4 Å². The molecule has 0 spiro atoms. The van der Waals surface area contributed by atoms with Crippen molar-refractivity contribution in [3.05, 3.63) is 40.1 Å². The molecule has 0 bridgehead atoms. The first kappa shape index (κ1) is 9.42. The molecule has 0 fully saturated rings. The van der Waals surface area contributed by atoms with Gasteiger partial charge >= 0.3 is 5.63 Å². The van der Waals surface area contributed by atoms with Crippen molar-refractivity contribution in [3.8, 4) is 5.75 Å². The molecule has 4 heteroatoms. The average Bonchev–Trinajstić information content (AvgIpc) is 2.78. The van der Waals surface area contributed by atoms with Gasteiger partial charge in [-0.25, -0.2) is 4.79 Å². The number of hydrogen-bond acceptors (Lipinski definition) is 4. The van der Waals surface area contributed by atoms with Crippen LogP contribution < -0.4 is 10.4 Å². The largest absolute Gasteiger partial charge is 0.497 e. The van der Waals surface area contributed by atoms with Crippen molar-refractivity contribution in [1.29, 1.82) is 0 Å². The first-order valence-corrected chi connectivity index (χ1v) is 5.65. The van der Waals surface area contributed by atoms with E-state index in [1.807, 2.05) is 23.6 Å². The minimum Gasteiger partial charge on any atom is -0.497 e. The van der Waals surface area contributed by atoms with E-state index in [0.717, 1.165) is 10.8 Å². The smallest absolute Gasteiger partial charge is 0.354 e. The van der Waals surface area contributed by atoms with Gasteiger partial charge in [-0.2, -0.15) is 0 Å². The lowest BCUT2D eigenvalue weighted by Crippen LogP contribution is -1.96. The van der Waals surface area contributed by atoms with Gasteiger partial charge in [0.25, 0.3) is 0 Å². The zero-order valence-corrected chi connectivity index (χ0v) is 9.34. The molecule has 0 aliphatic rings. The molecule has 1 aromatic carbocycles. The Kier molecular flexibility index (Phi) is 1.97. The average molecular weight is 232 g/mol. The fraction of sp³-hybridized carbons (Fsp3) is 0.0833. The Bertz CT molecular complexity index is 724. The van der Waals surface area contributed by atoms with Crippen molar-refractivity contribution in [1.82, 2.24) is 0 Å². The van der Waals surface area contributed by atoms with Crippen LogP contribution in [0.4, 0.5) is 0 Å². The van der Waals surface area contributed by atoms with Crippen LogP contribution >= 0.6 is 11.3 Å². The van der Waals surface area contributed by atoms with Crippen LogP contribution in [0.15, 0.2) is 38.9 Å². The number of ether oxygens (including phenoxy) is 1. The Hall–Kier alpha value is -1.81. The van der Waals surface area contributed by atoms with Crippen LogP contribution in [0.1, 0.15) is 0 Å². The predicted molar refractivity (Wildman–Crippen MR) is 64.4 cm³/mol. The summed E-state index contributed by atoms with van der Waals surface area (Å²) in [6, 6.07) is 7.44. The summed E-state index contributed by atoms with van der Waals surface area (Å²) in [5.41, 5.74) is 0.279. The normalized spacial score (nSPS) is 11.1. The van der Waals surface area contributed by atoms with Crippen molar-refractivity contribution >= 4 is 32.4 Å². The van der Waals surface area contributed by atoms with Gasteiger partial charge in [-0.05, 0) is 23.6 Å². The third kappa shape index (κ3) is 1.23. The Morgan fingerprint density at radius 3 is 2.94 bits per heavy atom. The van der Waals surface area contributed by atoms with Gasteiger partial charge in [-0.1, -0.05) is 0 Å². The molecule has 0 aliphatic heterocycles. The molecule has 0 amide bonds. The number of thiophene rings is 1. The minimum absolute atomic E-state index is 0.286. The Morgan fingerprint density at radius 1 is 1.25 bits per heavy atom. The molecule has 0 saturated carbocycles. The van der Waals surface area contributed by atoms with Crippen LogP contribution in [-0.4, -0.2) is 7.11 Å². The number of methoxy groups -OCH3 is 1.